The van der Waals surface area contributed by atoms with Crippen molar-refractivity contribution in [1.82, 2.24) is 0 Å². The predicted molar refractivity (Wildman–Crippen MR) is 158 cm³/mol. The highest BCUT2D eigenvalue weighted by Crippen LogP contribution is 2.46. The smallest absolute Gasteiger partial charge is 0.259 e. The van der Waals surface area contributed by atoms with Gasteiger partial charge >= 0.3 is 0 Å². The summed E-state index contributed by atoms with van der Waals surface area (Å²) in [6, 6.07) is 24.2. The lowest BCUT2D eigenvalue weighted by Crippen LogP contribution is -2.46. The minimum Gasteiger partial charge on any atom is -0.497 e. The van der Waals surface area contributed by atoms with Gasteiger partial charge in [-0.15, -0.1) is 0 Å². The van der Waals surface area contributed by atoms with Crippen molar-refractivity contribution in [3.63, 3.8) is 0 Å². The van der Waals surface area contributed by atoms with Crippen molar-refractivity contribution < 1.29 is 28.5 Å². The van der Waals surface area contributed by atoms with E-state index in [4.69, 9.17) is 30.5 Å². The molecule has 5 rings (SSSR count). The molecule has 1 aliphatic heterocycles. The van der Waals surface area contributed by atoms with Crippen molar-refractivity contribution in [2.75, 3.05) is 38.7 Å². The number of fused-ring (bicyclic) bond motifs is 1. The molecule has 210 valence electrons. The lowest BCUT2D eigenvalue weighted by Gasteiger charge is -2.42. The van der Waals surface area contributed by atoms with E-state index in [1.54, 1.807) is 55.5 Å². The number of ether oxygens (including phenoxy) is 4. The topological polar surface area (TPSA) is 86.3 Å². The van der Waals surface area contributed by atoms with Gasteiger partial charge in [-0.1, -0.05) is 41.9 Å². The highest BCUT2D eigenvalue weighted by atomic mass is 35.5. The Morgan fingerprint density at radius 3 is 2.00 bits per heavy atom. The summed E-state index contributed by atoms with van der Waals surface area (Å²) in [6.45, 7) is 0. The van der Waals surface area contributed by atoms with Crippen molar-refractivity contribution >= 4 is 34.8 Å². The van der Waals surface area contributed by atoms with Gasteiger partial charge in [-0.25, -0.2) is 0 Å². The molecule has 1 N–H and O–H groups in total. The van der Waals surface area contributed by atoms with Gasteiger partial charge in [0.2, 0.25) is 5.91 Å². The third-order valence-electron chi connectivity index (χ3n) is 7.16. The zero-order valence-electron chi connectivity index (χ0n) is 23.0. The maximum atomic E-state index is 14.3. The summed E-state index contributed by atoms with van der Waals surface area (Å²) < 4.78 is 21.5. The van der Waals surface area contributed by atoms with E-state index < -0.39 is 12.0 Å². The van der Waals surface area contributed by atoms with Gasteiger partial charge in [-0.3, -0.25) is 14.5 Å². The van der Waals surface area contributed by atoms with E-state index in [-0.39, 0.29) is 11.8 Å². The van der Waals surface area contributed by atoms with Gasteiger partial charge in [0.05, 0.1) is 51.1 Å². The molecular weight excluding hydrogens is 544 g/mol. The number of carbonyl (C=O) groups is 2. The summed E-state index contributed by atoms with van der Waals surface area (Å²) in [6.07, 6.45) is 0. The summed E-state index contributed by atoms with van der Waals surface area (Å²) in [5, 5.41) is 3.32. The number of carbonyl (C=O) groups excluding carboxylic acids is 2. The molecule has 41 heavy (non-hydrogen) atoms. The highest BCUT2D eigenvalue weighted by Gasteiger charge is 2.45. The van der Waals surface area contributed by atoms with Gasteiger partial charge in [0.25, 0.3) is 5.91 Å². The lowest BCUT2D eigenvalue weighted by molar-refractivity contribution is -0.118. The molecule has 9 heteroatoms. The quantitative estimate of drug-likeness (QED) is 0.259. The maximum Gasteiger partial charge on any atom is 0.259 e. The van der Waals surface area contributed by atoms with Gasteiger partial charge in [0, 0.05) is 17.3 Å². The minimum atomic E-state index is -0.801. The molecule has 2 atom stereocenters. The number of hydrogen-bond donors (Lipinski definition) is 1. The van der Waals surface area contributed by atoms with Crippen LogP contribution >= 0.6 is 11.6 Å². The molecule has 0 aromatic heterocycles. The maximum absolute atomic E-state index is 14.3. The van der Waals surface area contributed by atoms with Crippen LogP contribution in [0.3, 0.4) is 0 Å². The Morgan fingerprint density at radius 2 is 1.39 bits per heavy atom. The predicted octanol–water partition coefficient (Wildman–Crippen LogP) is 6.50. The molecule has 0 fully saturated rings. The fourth-order valence-corrected chi connectivity index (χ4v) is 5.40. The summed E-state index contributed by atoms with van der Waals surface area (Å²) in [5.41, 5.74) is 2.80. The number of benzene rings is 4. The Morgan fingerprint density at radius 1 is 0.780 bits per heavy atom. The Kier molecular flexibility index (Phi) is 8.03. The van der Waals surface area contributed by atoms with E-state index in [0.29, 0.717) is 50.5 Å². The largest absolute Gasteiger partial charge is 0.497 e. The molecule has 0 saturated heterocycles. The number of nitrogens with one attached hydrogen (secondary N) is 1. The molecule has 0 spiro atoms. The molecule has 4 aromatic rings. The van der Waals surface area contributed by atoms with Gasteiger partial charge in [0.15, 0.2) is 0 Å². The number of rotatable bonds is 8. The van der Waals surface area contributed by atoms with Crippen molar-refractivity contribution in [1.29, 1.82) is 0 Å². The zero-order chi connectivity index (χ0) is 29.1. The SMILES string of the molecule is COc1ccc([C@H]2[C@@H](C(=O)Nc3cc(Cl)c(OC)cc3OC)c3ccccc3C(=O)N2c2ccc(OC)cc2)cc1. The molecule has 1 aliphatic rings. The Hall–Kier alpha value is -4.69. The number of hydrogen-bond acceptors (Lipinski definition) is 6. The number of methoxy groups -OCH3 is 4. The zero-order valence-corrected chi connectivity index (χ0v) is 23.8. The highest BCUT2D eigenvalue weighted by molar-refractivity contribution is 6.32. The number of nitrogens with zero attached hydrogens (tertiary/aromatic N) is 1. The van der Waals surface area contributed by atoms with E-state index in [0.717, 1.165) is 5.56 Å². The lowest BCUT2D eigenvalue weighted by atomic mass is 9.78. The van der Waals surface area contributed by atoms with E-state index in [9.17, 15) is 9.59 Å². The van der Waals surface area contributed by atoms with Gasteiger partial charge < -0.3 is 24.3 Å². The molecule has 0 aliphatic carbocycles. The second-order valence-corrected chi connectivity index (χ2v) is 9.74. The number of amides is 2. The Balaban J connectivity index is 1.68. The first-order valence-corrected chi connectivity index (χ1v) is 13.2. The average molecular weight is 573 g/mol. The molecule has 2 amide bonds. The van der Waals surface area contributed by atoms with Crippen LogP contribution in [0.1, 0.15) is 33.4 Å². The van der Waals surface area contributed by atoms with E-state index in [1.807, 2.05) is 48.5 Å². The fourth-order valence-electron chi connectivity index (χ4n) is 5.15. The van der Waals surface area contributed by atoms with E-state index in [1.165, 1.54) is 14.2 Å². The van der Waals surface area contributed by atoms with Crippen LogP contribution in [0.25, 0.3) is 0 Å². The van der Waals surface area contributed by atoms with Crippen LogP contribution in [-0.2, 0) is 4.79 Å². The van der Waals surface area contributed by atoms with Crippen LogP contribution in [0.5, 0.6) is 23.0 Å². The van der Waals surface area contributed by atoms with Crippen LogP contribution in [0.4, 0.5) is 11.4 Å². The molecule has 0 bridgehead atoms. The van der Waals surface area contributed by atoms with Crippen LogP contribution < -0.4 is 29.2 Å². The molecule has 0 radical (unpaired) electrons. The van der Waals surface area contributed by atoms with Crippen LogP contribution in [0.15, 0.2) is 84.9 Å². The van der Waals surface area contributed by atoms with Crippen molar-refractivity contribution in [3.8, 4) is 23.0 Å². The van der Waals surface area contributed by atoms with Crippen molar-refractivity contribution in [3.05, 3.63) is 107 Å². The molecule has 0 unspecified atom stereocenters. The fraction of sp³-hybridized carbons (Fsp3) is 0.188. The molecule has 1 heterocycles. The normalized spacial score (nSPS) is 16.0. The molecule has 4 aromatic carbocycles. The first-order valence-electron chi connectivity index (χ1n) is 12.8. The third kappa shape index (κ3) is 5.26. The van der Waals surface area contributed by atoms with E-state index in [2.05, 4.69) is 5.32 Å². The molecule has 0 saturated carbocycles. The van der Waals surface area contributed by atoms with Crippen molar-refractivity contribution in [2.45, 2.75) is 12.0 Å². The molecule has 8 nitrogen and oxygen atoms in total. The van der Waals surface area contributed by atoms with Crippen molar-refractivity contribution in [2.24, 2.45) is 0 Å². The first kappa shape index (κ1) is 27.9. The van der Waals surface area contributed by atoms with Gasteiger partial charge in [-0.2, -0.15) is 0 Å². The monoisotopic (exact) mass is 572 g/mol. The Bertz CT molecular complexity index is 1570. The molecular formula is C32H29ClN2O6. The second-order valence-electron chi connectivity index (χ2n) is 9.33. The van der Waals surface area contributed by atoms with Crippen LogP contribution in [-0.4, -0.2) is 40.3 Å². The standard InChI is InChI=1S/C32H29ClN2O6/c1-38-21-13-9-19(10-14-21)30-29(31(36)34-26-17-25(33)27(40-3)18-28(26)41-4)23-7-5-6-8-24(23)32(37)35(30)20-11-15-22(39-2)16-12-20/h5-18,29-30H,1-4H3,(H,34,36)/t29-,30-/m0/s1. The van der Waals surface area contributed by atoms with Gasteiger partial charge in [-0.05, 0) is 59.7 Å². The third-order valence-corrected chi connectivity index (χ3v) is 7.46. The minimum absolute atomic E-state index is 0.222. The van der Waals surface area contributed by atoms with E-state index >= 15 is 0 Å². The summed E-state index contributed by atoms with van der Waals surface area (Å²) in [4.78, 5) is 30.1. The number of anilines is 2. The van der Waals surface area contributed by atoms with Crippen LogP contribution in [0.2, 0.25) is 5.02 Å². The first-order chi connectivity index (χ1) is 19.9. The average Bonchev–Trinajstić information content (AvgIpc) is 3.01. The van der Waals surface area contributed by atoms with Gasteiger partial charge in [0.1, 0.15) is 23.0 Å². The summed E-state index contributed by atoms with van der Waals surface area (Å²) in [7, 11) is 6.17. The number of halogens is 1. The summed E-state index contributed by atoms with van der Waals surface area (Å²) in [5.74, 6) is 0.738. The second kappa shape index (κ2) is 11.8. The Labute approximate surface area is 243 Å². The van der Waals surface area contributed by atoms with Crippen LogP contribution in [0, 0.1) is 0 Å². The summed E-state index contributed by atoms with van der Waals surface area (Å²) >= 11 is 6.40.